The van der Waals surface area contributed by atoms with E-state index in [0.29, 0.717) is 17.6 Å². The minimum atomic E-state index is -0.519. The second-order valence-electron chi connectivity index (χ2n) is 5.61. The van der Waals surface area contributed by atoms with E-state index >= 15 is 0 Å². The summed E-state index contributed by atoms with van der Waals surface area (Å²) in [6.45, 7) is 2.26. The van der Waals surface area contributed by atoms with Gasteiger partial charge >= 0.3 is 0 Å². The predicted octanol–water partition coefficient (Wildman–Crippen LogP) is 2.82. The second kappa shape index (κ2) is 6.77. The molecule has 0 unspecified atom stereocenters. The maximum absolute atomic E-state index is 13.3. The Labute approximate surface area is 147 Å². The highest BCUT2D eigenvalue weighted by atomic mass is 32.1. The van der Waals surface area contributed by atoms with Gasteiger partial charge in [-0.05, 0) is 12.1 Å². The lowest BCUT2D eigenvalue weighted by molar-refractivity contribution is 0.205. The van der Waals surface area contributed by atoms with Gasteiger partial charge < -0.3 is 15.0 Å². The van der Waals surface area contributed by atoms with Gasteiger partial charge in [-0.3, -0.25) is 5.10 Å². The van der Waals surface area contributed by atoms with Gasteiger partial charge in [-0.15, -0.1) is 11.3 Å². The molecule has 25 heavy (non-hydrogen) atoms. The van der Waals surface area contributed by atoms with E-state index in [-0.39, 0.29) is 0 Å². The number of H-pyrrole nitrogens is 1. The number of methoxy groups -OCH3 is 1. The summed E-state index contributed by atoms with van der Waals surface area (Å²) in [5.74, 6) is 0.809. The molecule has 2 N–H and O–H groups in total. The minimum Gasteiger partial charge on any atom is -0.383 e. The molecule has 0 spiro atoms. The number of anilines is 3. The Balaban J connectivity index is 1.63. The molecule has 0 bridgehead atoms. The fraction of sp³-hybridized carbons (Fsp3) is 0.312. The van der Waals surface area contributed by atoms with Crippen molar-refractivity contribution in [2.45, 2.75) is 6.42 Å². The van der Waals surface area contributed by atoms with E-state index in [9.17, 15) is 4.39 Å². The molecular formula is C16H17FN6OS. The van der Waals surface area contributed by atoms with E-state index in [0.717, 1.165) is 36.6 Å². The molecule has 1 aliphatic heterocycles. The Morgan fingerprint density at radius 3 is 3.16 bits per heavy atom. The molecule has 0 aliphatic carbocycles. The zero-order chi connectivity index (χ0) is 17.2. The van der Waals surface area contributed by atoms with Crippen LogP contribution in [0, 0.1) is 5.95 Å². The van der Waals surface area contributed by atoms with Crippen LogP contribution in [0.4, 0.5) is 21.2 Å². The summed E-state index contributed by atoms with van der Waals surface area (Å²) in [5.41, 5.74) is 1.88. The largest absolute Gasteiger partial charge is 0.383 e. The molecule has 3 aromatic heterocycles. The molecule has 9 heteroatoms. The van der Waals surface area contributed by atoms with Gasteiger partial charge in [0.25, 0.3) is 0 Å². The molecule has 0 saturated carbocycles. The van der Waals surface area contributed by atoms with Gasteiger partial charge in [0.2, 0.25) is 5.95 Å². The smallest absolute Gasteiger partial charge is 0.214 e. The van der Waals surface area contributed by atoms with Gasteiger partial charge in [-0.2, -0.15) is 9.49 Å². The summed E-state index contributed by atoms with van der Waals surface area (Å²) in [6, 6.07) is 4.64. The van der Waals surface area contributed by atoms with Crippen molar-refractivity contribution in [1.29, 1.82) is 0 Å². The van der Waals surface area contributed by atoms with Gasteiger partial charge in [0.15, 0.2) is 10.9 Å². The lowest BCUT2D eigenvalue weighted by Gasteiger charge is -2.20. The van der Waals surface area contributed by atoms with E-state index < -0.39 is 5.95 Å². The summed E-state index contributed by atoms with van der Waals surface area (Å²) >= 11 is 1.56. The second-order valence-corrected chi connectivity index (χ2v) is 6.70. The highest BCUT2D eigenvalue weighted by Crippen LogP contribution is 2.39. The van der Waals surface area contributed by atoms with Crippen LogP contribution in [0.15, 0.2) is 24.4 Å². The molecule has 4 rings (SSSR count). The standard InChI is InChI=1S/C16H17FN6OS/c1-24-8-7-23-6-5-11-14(10-9-18-22-15(10)23)21-16(25-11)20-13-4-2-3-12(17)19-13/h2-4,9H,5-8H2,1H3,(H,18,22)(H,19,20,21). The molecule has 0 radical (unpaired) electrons. The third-order valence-electron chi connectivity index (χ3n) is 4.00. The number of rotatable bonds is 5. The molecule has 0 fully saturated rings. The molecule has 4 heterocycles. The van der Waals surface area contributed by atoms with Gasteiger partial charge in [-0.25, -0.2) is 9.97 Å². The van der Waals surface area contributed by atoms with E-state index in [2.05, 4.69) is 25.4 Å². The molecule has 7 nitrogen and oxygen atoms in total. The van der Waals surface area contributed by atoms with Gasteiger partial charge in [0.05, 0.1) is 17.9 Å². The highest BCUT2D eigenvalue weighted by Gasteiger charge is 2.25. The lowest BCUT2D eigenvalue weighted by atomic mass is 10.2. The third-order valence-corrected chi connectivity index (χ3v) is 5.03. The Morgan fingerprint density at radius 2 is 2.32 bits per heavy atom. The monoisotopic (exact) mass is 360 g/mol. The molecule has 1 aliphatic rings. The lowest BCUT2D eigenvalue weighted by Crippen LogP contribution is -2.29. The van der Waals surface area contributed by atoms with Crippen LogP contribution in [-0.4, -0.2) is 47.0 Å². The molecule has 130 valence electrons. The van der Waals surface area contributed by atoms with Crippen molar-refractivity contribution in [3.8, 4) is 11.3 Å². The number of aromatic nitrogens is 4. The molecule has 0 amide bonds. The first kappa shape index (κ1) is 16.0. The molecule has 3 aromatic rings. The molecule has 0 saturated heterocycles. The van der Waals surface area contributed by atoms with Gasteiger partial charge in [-0.1, -0.05) is 6.07 Å². The maximum Gasteiger partial charge on any atom is 0.214 e. The van der Waals surface area contributed by atoms with Crippen LogP contribution < -0.4 is 10.2 Å². The van der Waals surface area contributed by atoms with Crippen molar-refractivity contribution in [3.63, 3.8) is 0 Å². The number of nitrogens with one attached hydrogen (secondary N) is 2. The van der Waals surface area contributed by atoms with Crippen LogP contribution in [0.25, 0.3) is 11.3 Å². The van der Waals surface area contributed by atoms with Crippen LogP contribution in [0.3, 0.4) is 0 Å². The van der Waals surface area contributed by atoms with Crippen LogP contribution in [0.1, 0.15) is 4.88 Å². The van der Waals surface area contributed by atoms with Crippen molar-refractivity contribution in [1.82, 2.24) is 20.2 Å². The number of thiazole rings is 1. The number of hydrogen-bond acceptors (Lipinski definition) is 7. The predicted molar refractivity (Wildman–Crippen MR) is 95.0 cm³/mol. The molecule has 0 atom stereocenters. The van der Waals surface area contributed by atoms with Crippen LogP contribution in [0.2, 0.25) is 0 Å². The summed E-state index contributed by atoms with van der Waals surface area (Å²) in [4.78, 5) is 11.9. The van der Waals surface area contributed by atoms with Crippen LogP contribution in [0.5, 0.6) is 0 Å². The maximum atomic E-state index is 13.3. The number of pyridine rings is 1. The fourth-order valence-electron chi connectivity index (χ4n) is 2.83. The SMILES string of the molecule is COCCN1CCc2sc(Nc3cccc(F)n3)nc2-c2c[nH]nc21. The molecule has 0 aromatic carbocycles. The van der Waals surface area contributed by atoms with Crippen molar-refractivity contribution >= 4 is 28.1 Å². The summed E-state index contributed by atoms with van der Waals surface area (Å²) in [5, 5.41) is 11.1. The van der Waals surface area contributed by atoms with Crippen molar-refractivity contribution in [2.24, 2.45) is 0 Å². The Hall–Kier alpha value is -2.52. The number of halogens is 1. The number of ether oxygens (including phenoxy) is 1. The first-order chi connectivity index (χ1) is 12.2. The van der Waals surface area contributed by atoms with Crippen molar-refractivity contribution < 1.29 is 9.13 Å². The zero-order valence-corrected chi connectivity index (χ0v) is 14.4. The first-order valence-corrected chi connectivity index (χ1v) is 8.73. The van der Waals surface area contributed by atoms with Crippen molar-refractivity contribution in [2.75, 3.05) is 37.0 Å². The summed E-state index contributed by atoms with van der Waals surface area (Å²) in [7, 11) is 1.69. The van der Waals surface area contributed by atoms with Crippen LogP contribution >= 0.6 is 11.3 Å². The fourth-order valence-corrected chi connectivity index (χ4v) is 3.80. The third kappa shape index (κ3) is 3.20. The average Bonchev–Trinajstić information content (AvgIpc) is 3.19. The van der Waals surface area contributed by atoms with E-state index in [1.54, 1.807) is 30.6 Å². The van der Waals surface area contributed by atoms with Gasteiger partial charge in [0.1, 0.15) is 5.82 Å². The Morgan fingerprint density at radius 1 is 1.40 bits per heavy atom. The minimum absolute atomic E-state index is 0.443. The van der Waals surface area contributed by atoms with E-state index in [1.165, 1.54) is 10.9 Å². The first-order valence-electron chi connectivity index (χ1n) is 7.92. The zero-order valence-electron chi connectivity index (χ0n) is 13.6. The van der Waals surface area contributed by atoms with E-state index in [1.807, 2.05) is 6.20 Å². The number of nitrogens with zero attached hydrogens (tertiary/aromatic N) is 4. The summed E-state index contributed by atoms with van der Waals surface area (Å²) < 4.78 is 18.4. The topological polar surface area (TPSA) is 79.0 Å². The highest BCUT2D eigenvalue weighted by molar-refractivity contribution is 7.16. The average molecular weight is 360 g/mol. The number of fused-ring (bicyclic) bond motifs is 3. The number of aromatic amines is 1. The van der Waals surface area contributed by atoms with Gasteiger partial charge in [0, 0.05) is 37.7 Å². The normalized spacial score (nSPS) is 13.3. The Bertz CT molecular complexity index is 879. The van der Waals surface area contributed by atoms with Crippen LogP contribution in [-0.2, 0) is 11.2 Å². The number of hydrogen-bond donors (Lipinski definition) is 2. The summed E-state index contributed by atoms with van der Waals surface area (Å²) in [6.07, 6.45) is 2.73. The van der Waals surface area contributed by atoms with Crippen molar-refractivity contribution in [3.05, 3.63) is 35.2 Å². The quantitative estimate of drug-likeness (QED) is 0.681. The Kier molecular flexibility index (Phi) is 4.33. The van der Waals surface area contributed by atoms with E-state index in [4.69, 9.17) is 9.72 Å². The molecular weight excluding hydrogens is 343 g/mol.